The zero-order valence-corrected chi connectivity index (χ0v) is 13.1. The molecular weight excluding hydrogens is 252 g/mol. The second-order valence-electron chi connectivity index (χ2n) is 5.18. The van der Waals surface area contributed by atoms with Crippen LogP contribution in [0.15, 0.2) is 24.3 Å². The Bertz CT molecular complexity index is 419. The first kappa shape index (κ1) is 16.7. The van der Waals surface area contributed by atoms with Crippen LogP contribution in [0.25, 0.3) is 0 Å². The Hall–Kier alpha value is -1.39. The molecule has 0 saturated carbocycles. The molecule has 0 spiro atoms. The molecule has 0 unspecified atom stereocenters. The monoisotopic (exact) mass is 278 g/mol. The van der Waals surface area contributed by atoms with E-state index in [9.17, 15) is 4.79 Å². The molecule has 1 aromatic rings. The first-order valence-corrected chi connectivity index (χ1v) is 7.11. The van der Waals surface area contributed by atoms with Crippen LogP contribution in [-0.2, 0) is 0 Å². The number of carbonyl (C=O) groups excluding carboxylic acids is 1. The predicted octanol–water partition coefficient (Wildman–Crippen LogP) is 2.15. The number of Topliss-reactive ketones (excluding diaryl/α,β-unsaturated/α-hetero) is 1. The lowest BCUT2D eigenvalue weighted by atomic mass is 10.1. The number of ether oxygens (including phenoxy) is 1. The molecule has 0 radical (unpaired) electrons. The molecule has 0 amide bonds. The van der Waals surface area contributed by atoms with Crippen LogP contribution < -0.4 is 4.74 Å². The zero-order chi connectivity index (χ0) is 15.0. The van der Waals surface area contributed by atoms with E-state index < -0.39 is 0 Å². The molecular formula is C16H26N2O2. The van der Waals surface area contributed by atoms with Gasteiger partial charge in [-0.25, -0.2) is 0 Å². The Labute approximate surface area is 122 Å². The number of likely N-dealkylation sites (N-methyl/N-ethyl adjacent to an activating group) is 1. The van der Waals surface area contributed by atoms with E-state index in [1.807, 2.05) is 18.2 Å². The van der Waals surface area contributed by atoms with Crippen molar-refractivity contribution in [2.45, 2.75) is 13.3 Å². The van der Waals surface area contributed by atoms with E-state index in [1.54, 1.807) is 13.2 Å². The van der Waals surface area contributed by atoms with Crippen molar-refractivity contribution in [2.75, 3.05) is 47.4 Å². The Kier molecular flexibility index (Phi) is 7.26. The molecule has 1 rings (SSSR count). The van der Waals surface area contributed by atoms with Crippen LogP contribution in [0.1, 0.15) is 23.7 Å². The SMILES string of the molecule is CCN(CCCN(C)C)CC(=O)c1cccc(OC)c1. The number of carbonyl (C=O) groups is 1. The summed E-state index contributed by atoms with van der Waals surface area (Å²) in [6, 6.07) is 7.36. The number of nitrogens with zero attached hydrogens (tertiary/aromatic N) is 2. The molecule has 0 aliphatic heterocycles. The fourth-order valence-corrected chi connectivity index (χ4v) is 2.05. The molecule has 112 valence electrons. The van der Waals surface area contributed by atoms with Gasteiger partial charge >= 0.3 is 0 Å². The summed E-state index contributed by atoms with van der Waals surface area (Å²) >= 11 is 0. The summed E-state index contributed by atoms with van der Waals surface area (Å²) in [7, 11) is 5.75. The summed E-state index contributed by atoms with van der Waals surface area (Å²) in [6.07, 6.45) is 1.08. The average molecular weight is 278 g/mol. The quantitative estimate of drug-likeness (QED) is 0.648. The Morgan fingerprint density at radius 3 is 2.60 bits per heavy atom. The van der Waals surface area contributed by atoms with E-state index in [0.29, 0.717) is 6.54 Å². The van der Waals surface area contributed by atoms with Crippen molar-refractivity contribution >= 4 is 5.78 Å². The minimum Gasteiger partial charge on any atom is -0.497 e. The van der Waals surface area contributed by atoms with Gasteiger partial charge in [0.1, 0.15) is 5.75 Å². The molecule has 0 aliphatic carbocycles. The summed E-state index contributed by atoms with van der Waals surface area (Å²) in [5, 5.41) is 0. The van der Waals surface area contributed by atoms with Crippen molar-refractivity contribution in [2.24, 2.45) is 0 Å². The molecule has 4 nitrogen and oxygen atoms in total. The van der Waals surface area contributed by atoms with Crippen LogP contribution in [0, 0.1) is 0 Å². The number of hydrogen-bond acceptors (Lipinski definition) is 4. The van der Waals surface area contributed by atoms with Crippen molar-refractivity contribution in [1.29, 1.82) is 0 Å². The predicted molar refractivity (Wildman–Crippen MR) is 82.6 cm³/mol. The van der Waals surface area contributed by atoms with Crippen molar-refractivity contribution in [3.05, 3.63) is 29.8 Å². The molecule has 0 saturated heterocycles. The van der Waals surface area contributed by atoms with Gasteiger partial charge in [0, 0.05) is 5.56 Å². The van der Waals surface area contributed by atoms with Gasteiger partial charge in [-0.05, 0) is 52.3 Å². The summed E-state index contributed by atoms with van der Waals surface area (Å²) in [4.78, 5) is 16.6. The molecule has 20 heavy (non-hydrogen) atoms. The van der Waals surface area contributed by atoms with E-state index in [0.717, 1.165) is 37.4 Å². The summed E-state index contributed by atoms with van der Waals surface area (Å²) in [5.41, 5.74) is 0.718. The lowest BCUT2D eigenvalue weighted by Gasteiger charge is -2.20. The third-order valence-corrected chi connectivity index (χ3v) is 3.29. The zero-order valence-electron chi connectivity index (χ0n) is 13.1. The minimum absolute atomic E-state index is 0.149. The third kappa shape index (κ3) is 5.72. The maximum atomic E-state index is 12.3. The van der Waals surface area contributed by atoms with E-state index in [2.05, 4.69) is 30.8 Å². The number of hydrogen-bond donors (Lipinski definition) is 0. The standard InChI is InChI=1S/C16H26N2O2/c1-5-18(11-7-10-17(2)3)13-16(19)14-8-6-9-15(12-14)20-4/h6,8-9,12H,5,7,10-11,13H2,1-4H3. The van der Waals surface area contributed by atoms with Crippen LogP contribution in [0.3, 0.4) is 0 Å². The van der Waals surface area contributed by atoms with Crippen molar-refractivity contribution in [1.82, 2.24) is 9.80 Å². The molecule has 0 bridgehead atoms. The number of ketones is 1. The fourth-order valence-electron chi connectivity index (χ4n) is 2.05. The maximum absolute atomic E-state index is 12.3. The van der Waals surface area contributed by atoms with Crippen molar-refractivity contribution < 1.29 is 9.53 Å². The summed E-state index contributed by atoms with van der Waals surface area (Å²) in [5.74, 6) is 0.877. The maximum Gasteiger partial charge on any atom is 0.176 e. The van der Waals surface area contributed by atoms with Gasteiger partial charge in [0.05, 0.1) is 13.7 Å². The van der Waals surface area contributed by atoms with Gasteiger partial charge in [-0.3, -0.25) is 9.69 Å². The lowest BCUT2D eigenvalue weighted by Crippen LogP contribution is -2.32. The highest BCUT2D eigenvalue weighted by molar-refractivity contribution is 5.97. The van der Waals surface area contributed by atoms with Gasteiger partial charge in [0.15, 0.2) is 5.78 Å². The largest absolute Gasteiger partial charge is 0.497 e. The number of benzene rings is 1. The molecule has 0 aliphatic rings. The average Bonchev–Trinajstić information content (AvgIpc) is 2.45. The van der Waals surface area contributed by atoms with Gasteiger partial charge in [-0.15, -0.1) is 0 Å². The van der Waals surface area contributed by atoms with Crippen LogP contribution in [0.2, 0.25) is 0 Å². The molecule has 1 aromatic carbocycles. The topological polar surface area (TPSA) is 32.8 Å². The molecule has 0 N–H and O–H groups in total. The first-order valence-electron chi connectivity index (χ1n) is 7.11. The second kappa shape index (κ2) is 8.72. The smallest absolute Gasteiger partial charge is 0.176 e. The van der Waals surface area contributed by atoms with Crippen LogP contribution >= 0.6 is 0 Å². The van der Waals surface area contributed by atoms with Crippen molar-refractivity contribution in [3.63, 3.8) is 0 Å². The van der Waals surface area contributed by atoms with E-state index in [-0.39, 0.29) is 5.78 Å². The van der Waals surface area contributed by atoms with Crippen molar-refractivity contribution in [3.8, 4) is 5.75 Å². The Morgan fingerprint density at radius 2 is 2.00 bits per heavy atom. The summed E-state index contributed by atoms with van der Waals surface area (Å²) in [6.45, 7) is 5.45. The fraction of sp³-hybridized carbons (Fsp3) is 0.562. The van der Waals surface area contributed by atoms with Gasteiger partial charge in [0.2, 0.25) is 0 Å². The normalized spacial score (nSPS) is 11.1. The Balaban J connectivity index is 2.53. The lowest BCUT2D eigenvalue weighted by molar-refractivity contribution is 0.0931. The highest BCUT2D eigenvalue weighted by Gasteiger charge is 2.11. The van der Waals surface area contributed by atoms with Gasteiger partial charge in [-0.2, -0.15) is 0 Å². The number of rotatable bonds is 9. The minimum atomic E-state index is 0.149. The highest BCUT2D eigenvalue weighted by atomic mass is 16.5. The van der Waals surface area contributed by atoms with Crippen LogP contribution in [0.5, 0.6) is 5.75 Å². The Morgan fingerprint density at radius 1 is 1.25 bits per heavy atom. The van der Waals surface area contributed by atoms with Gasteiger partial charge in [-0.1, -0.05) is 19.1 Å². The van der Waals surface area contributed by atoms with E-state index in [4.69, 9.17) is 4.74 Å². The third-order valence-electron chi connectivity index (χ3n) is 3.29. The molecule has 0 atom stereocenters. The first-order chi connectivity index (χ1) is 9.56. The molecule has 0 heterocycles. The van der Waals surface area contributed by atoms with Gasteiger partial charge in [0.25, 0.3) is 0 Å². The molecule has 0 aromatic heterocycles. The second-order valence-corrected chi connectivity index (χ2v) is 5.18. The van der Waals surface area contributed by atoms with Crippen LogP contribution in [0.4, 0.5) is 0 Å². The van der Waals surface area contributed by atoms with Crippen LogP contribution in [-0.4, -0.2) is 63.0 Å². The molecule has 4 heteroatoms. The molecule has 0 fully saturated rings. The van der Waals surface area contributed by atoms with E-state index in [1.165, 1.54) is 0 Å². The van der Waals surface area contributed by atoms with E-state index >= 15 is 0 Å². The summed E-state index contributed by atoms with van der Waals surface area (Å²) < 4.78 is 5.16. The number of methoxy groups -OCH3 is 1. The van der Waals surface area contributed by atoms with Gasteiger partial charge < -0.3 is 9.64 Å². The highest BCUT2D eigenvalue weighted by Crippen LogP contribution is 2.13.